The van der Waals surface area contributed by atoms with Crippen LogP contribution in [0.4, 0.5) is 0 Å². The number of aromatic nitrogens is 1. The van der Waals surface area contributed by atoms with Crippen molar-refractivity contribution in [3.63, 3.8) is 0 Å². The monoisotopic (exact) mass is 362 g/mol. The topological polar surface area (TPSA) is 65.9 Å². The van der Waals surface area contributed by atoms with Crippen LogP contribution in [0.2, 0.25) is 0 Å². The summed E-state index contributed by atoms with van der Waals surface area (Å²) < 4.78 is 0. The van der Waals surface area contributed by atoms with Crippen LogP contribution in [0.1, 0.15) is 36.8 Å². The maximum atomic E-state index is 13.1. The standard InChI is InChI=1S/C21H22N4O2/c26-20-11-10-19(23-25(20)15-16-5-2-1-3-6-16)21(27)24(18-8-9-18)14-17-7-4-12-22-13-17/h1-7,12-13,18H,8-11,14-15H2. The van der Waals surface area contributed by atoms with E-state index in [-0.39, 0.29) is 17.9 Å². The first-order valence-electron chi connectivity index (χ1n) is 9.32. The van der Waals surface area contributed by atoms with E-state index in [1.54, 1.807) is 12.4 Å². The molecular formula is C21H22N4O2. The van der Waals surface area contributed by atoms with Gasteiger partial charge in [-0.15, -0.1) is 0 Å². The Bertz CT molecular complexity index is 847. The number of rotatable bonds is 6. The van der Waals surface area contributed by atoms with Crippen molar-refractivity contribution in [2.75, 3.05) is 0 Å². The summed E-state index contributed by atoms with van der Waals surface area (Å²) in [5.41, 5.74) is 2.48. The molecule has 0 atom stereocenters. The predicted octanol–water partition coefficient (Wildman–Crippen LogP) is 2.75. The van der Waals surface area contributed by atoms with Gasteiger partial charge in [-0.05, 0) is 30.0 Å². The van der Waals surface area contributed by atoms with E-state index in [1.807, 2.05) is 47.4 Å². The number of nitrogens with zero attached hydrogens (tertiary/aromatic N) is 4. The highest BCUT2D eigenvalue weighted by molar-refractivity contribution is 6.39. The van der Waals surface area contributed by atoms with Gasteiger partial charge in [-0.25, -0.2) is 5.01 Å². The molecule has 2 aromatic rings. The average molecular weight is 362 g/mol. The van der Waals surface area contributed by atoms with Gasteiger partial charge in [0.2, 0.25) is 5.91 Å². The van der Waals surface area contributed by atoms with Crippen molar-refractivity contribution >= 4 is 17.5 Å². The lowest BCUT2D eigenvalue weighted by Gasteiger charge is -2.27. The van der Waals surface area contributed by atoms with Gasteiger partial charge in [0.05, 0.1) is 6.54 Å². The molecule has 2 heterocycles. The summed E-state index contributed by atoms with van der Waals surface area (Å²) in [6.45, 7) is 0.922. The van der Waals surface area contributed by atoms with Gasteiger partial charge in [0.1, 0.15) is 5.71 Å². The highest BCUT2D eigenvalue weighted by atomic mass is 16.2. The van der Waals surface area contributed by atoms with Gasteiger partial charge >= 0.3 is 0 Å². The molecule has 2 amide bonds. The molecule has 1 fully saturated rings. The summed E-state index contributed by atoms with van der Waals surface area (Å²) >= 11 is 0. The SMILES string of the molecule is O=C1CCC(C(=O)N(Cc2cccnc2)C2CC2)=NN1Cc1ccccc1. The largest absolute Gasteiger partial charge is 0.330 e. The minimum absolute atomic E-state index is 0.0411. The molecule has 0 radical (unpaired) electrons. The first kappa shape index (κ1) is 17.4. The lowest BCUT2D eigenvalue weighted by molar-refractivity contribution is -0.132. The average Bonchev–Trinajstić information content (AvgIpc) is 3.54. The third kappa shape index (κ3) is 4.22. The summed E-state index contributed by atoms with van der Waals surface area (Å²) in [5.74, 6) is -0.104. The molecule has 1 aromatic heterocycles. The number of pyridine rings is 1. The molecule has 2 aliphatic rings. The summed E-state index contributed by atoms with van der Waals surface area (Å²) in [7, 11) is 0. The van der Waals surface area contributed by atoms with Crippen LogP contribution in [0.5, 0.6) is 0 Å². The van der Waals surface area contributed by atoms with Crippen molar-refractivity contribution in [3.8, 4) is 0 Å². The van der Waals surface area contributed by atoms with Gasteiger partial charge in [0.15, 0.2) is 0 Å². The van der Waals surface area contributed by atoms with E-state index < -0.39 is 0 Å². The van der Waals surface area contributed by atoms with Gasteiger partial charge < -0.3 is 4.90 Å². The van der Waals surface area contributed by atoms with Crippen molar-refractivity contribution in [1.82, 2.24) is 14.9 Å². The molecule has 1 aromatic carbocycles. The Labute approximate surface area is 158 Å². The molecular weight excluding hydrogens is 340 g/mol. The molecule has 27 heavy (non-hydrogen) atoms. The summed E-state index contributed by atoms with van der Waals surface area (Å²) in [6, 6.07) is 13.8. The number of hydrogen-bond acceptors (Lipinski definition) is 4. The Kier molecular flexibility index (Phi) is 4.96. The molecule has 6 heteroatoms. The maximum absolute atomic E-state index is 13.1. The minimum Gasteiger partial charge on any atom is -0.330 e. The van der Waals surface area contributed by atoms with Crippen LogP contribution in [-0.4, -0.2) is 38.5 Å². The number of carbonyl (C=O) groups excluding carboxylic acids is 2. The molecule has 138 valence electrons. The van der Waals surface area contributed by atoms with Crippen molar-refractivity contribution in [2.24, 2.45) is 5.10 Å². The van der Waals surface area contributed by atoms with Crippen LogP contribution in [0.3, 0.4) is 0 Å². The van der Waals surface area contributed by atoms with Crippen LogP contribution in [0.25, 0.3) is 0 Å². The molecule has 0 bridgehead atoms. The predicted molar refractivity (Wildman–Crippen MR) is 101 cm³/mol. The van der Waals surface area contributed by atoms with Gasteiger partial charge in [0.25, 0.3) is 5.91 Å². The van der Waals surface area contributed by atoms with Gasteiger partial charge in [-0.3, -0.25) is 14.6 Å². The van der Waals surface area contributed by atoms with Crippen molar-refractivity contribution < 1.29 is 9.59 Å². The first-order valence-corrected chi connectivity index (χ1v) is 9.32. The normalized spacial score (nSPS) is 16.8. The molecule has 4 rings (SSSR count). The van der Waals surface area contributed by atoms with E-state index in [4.69, 9.17) is 0 Å². The van der Waals surface area contributed by atoms with Crippen molar-refractivity contribution in [1.29, 1.82) is 0 Å². The van der Waals surface area contributed by atoms with Crippen molar-refractivity contribution in [2.45, 2.75) is 44.8 Å². The van der Waals surface area contributed by atoms with E-state index in [2.05, 4.69) is 10.1 Å². The third-order valence-electron chi connectivity index (χ3n) is 4.85. The summed E-state index contributed by atoms with van der Waals surface area (Å²) in [4.78, 5) is 31.4. The molecule has 1 saturated carbocycles. The number of benzene rings is 1. The zero-order chi connectivity index (χ0) is 18.6. The second kappa shape index (κ2) is 7.70. The lowest BCUT2D eigenvalue weighted by Crippen LogP contribution is -2.42. The second-order valence-corrected chi connectivity index (χ2v) is 7.01. The molecule has 0 spiro atoms. The zero-order valence-corrected chi connectivity index (χ0v) is 15.1. The Morgan fingerprint density at radius 1 is 1.07 bits per heavy atom. The smallest absolute Gasteiger partial charge is 0.270 e. The molecule has 0 saturated heterocycles. The van der Waals surface area contributed by atoms with Crippen molar-refractivity contribution in [3.05, 3.63) is 66.0 Å². The van der Waals surface area contributed by atoms with E-state index in [0.29, 0.717) is 31.6 Å². The highest BCUT2D eigenvalue weighted by Gasteiger charge is 2.36. The van der Waals surface area contributed by atoms with Crippen LogP contribution in [0.15, 0.2) is 60.0 Å². The van der Waals surface area contributed by atoms with Crippen LogP contribution >= 0.6 is 0 Å². The van der Waals surface area contributed by atoms with Gasteiger partial charge in [-0.1, -0.05) is 36.4 Å². The molecule has 0 unspecified atom stereocenters. The first-order chi connectivity index (χ1) is 13.2. The van der Waals surface area contributed by atoms with E-state index in [0.717, 1.165) is 24.0 Å². The third-order valence-corrected chi connectivity index (χ3v) is 4.85. The molecule has 1 aliphatic heterocycles. The molecule has 6 nitrogen and oxygen atoms in total. The van der Waals surface area contributed by atoms with E-state index in [1.165, 1.54) is 5.01 Å². The Balaban J connectivity index is 1.52. The number of hydrogen-bond donors (Lipinski definition) is 0. The zero-order valence-electron chi connectivity index (χ0n) is 15.1. The minimum atomic E-state index is -0.0630. The fourth-order valence-corrected chi connectivity index (χ4v) is 3.24. The second-order valence-electron chi connectivity index (χ2n) is 7.01. The maximum Gasteiger partial charge on any atom is 0.270 e. The lowest BCUT2D eigenvalue weighted by atomic mass is 10.1. The summed E-state index contributed by atoms with van der Waals surface area (Å²) in [6.07, 6.45) is 6.28. The Morgan fingerprint density at radius 3 is 2.56 bits per heavy atom. The van der Waals surface area contributed by atoms with E-state index >= 15 is 0 Å². The van der Waals surface area contributed by atoms with Gasteiger partial charge in [-0.2, -0.15) is 5.10 Å². The molecule has 0 N–H and O–H groups in total. The highest BCUT2D eigenvalue weighted by Crippen LogP contribution is 2.29. The number of amides is 2. The molecule has 1 aliphatic carbocycles. The fraction of sp³-hybridized carbons (Fsp3) is 0.333. The van der Waals surface area contributed by atoms with E-state index in [9.17, 15) is 9.59 Å². The van der Waals surface area contributed by atoms with Crippen LogP contribution in [0, 0.1) is 0 Å². The summed E-state index contributed by atoms with van der Waals surface area (Å²) in [5, 5.41) is 5.86. The Morgan fingerprint density at radius 2 is 1.85 bits per heavy atom. The van der Waals surface area contributed by atoms with Crippen LogP contribution < -0.4 is 0 Å². The number of carbonyl (C=O) groups is 2. The Hall–Kier alpha value is -3.02. The fourth-order valence-electron chi connectivity index (χ4n) is 3.24. The van der Waals surface area contributed by atoms with Gasteiger partial charge in [0, 0.05) is 37.8 Å². The number of hydrazone groups is 1. The van der Waals surface area contributed by atoms with Crippen LogP contribution in [-0.2, 0) is 22.7 Å². The quantitative estimate of drug-likeness (QED) is 0.794.